The van der Waals surface area contributed by atoms with Crippen molar-refractivity contribution in [2.45, 2.75) is 44.3 Å². The summed E-state index contributed by atoms with van der Waals surface area (Å²) in [4.78, 5) is 17.6. The molecule has 0 spiro atoms. The van der Waals surface area contributed by atoms with Gasteiger partial charge in [-0.3, -0.25) is 9.69 Å². The van der Waals surface area contributed by atoms with Crippen molar-refractivity contribution in [3.05, 3.63) is 29.8 Å². The van der Waals surface area contributed by atoms with Crippen molar-refractivity contribution in [1.82, 2.24) is 9.80 Å². The standard InChI is InChI=1S/C17H23N3O/c1-12-10-19-8-4-6-14(19)11-20(12)17(21)16-9-13-5-2-3-7-15(13)18-16/h2-3,5,7,12,14,16,18H,4,6,8-11H2,1H3. The first kappa shape index (κ1) is 13.1. The summed E-state index contributed by atoms with van der Waals surface area (Å²) in [5.74, 6) is 0.283. The summed E-state index contributed by atoms with van der Waals surface area (Å²) >= 11 is 0. The van der Waals surface area contributed by atoms with Gasteiger partial charge in [0.25, 0.3) is 0 Å². The minimum Gasteiger partial charge on any atom is -0.373 e. The Bertz CT molecular complexity index is 534. The van der Waals surface area contributed by atoms with Gasteiger partial charge in [-0.1, -0.05) is 18.2 Å². The highest BCUT2D eigenvalue weighted by molar-refractivity contribution is 5.87. The van der Waals surface area contributed by atoms with E-state index in [4.69, 9.17) is 0 Å². The number of hydrogen-bond donors (Lipinski definition) is 1. The van der Waals surface area contributed by atoms with Crippen molar-refractivity contribution in [1.29, 1.82) is 0 Å². The number of amides is 1. The molecule has 1 N–H and O–H groups in total. The maximum Gasteiger partial charge on any atom is 0.245 e. The fourth-order valence-corrected chi connectivity index (χ4v) is 4.14. The highest BCUT2D eigenvalue weighted by atomic mass is 16.2. The molecular formula is C17H23N3O. The highest BCUT2D eigenvalue weighted by Gasteiger charge is 2.39. The van der Waals surface area contributed by atoms with Gasteiger partial charge in [-0.15, -0.1) is 0 Å². The molecule has 3 unspecified atom stereocenters. The van der Waals surface area contributed by atoms with Crippen LogP contribution in [0.2, 0.25) is 0 Å². The molecule has 1 amide bonds. The third kappa shape index (κ3) is 2.22. The molecule has 2 saturated heterocycles. The molecule has 3 heterocycles. The van der Waals surface area contributed by atoms with E-state index in [1.807, 2.05) is 12.1 Å². The number of anilines is 1. The Morgan fingerprint density at radius 2 is 2.14 bits per heavy atom. The monoisotopic (exact) mass is 285 g/mol. The van der Waals surface area contributed by atoms with E-state index in [0.717, 1.165) is 25.2 Å². The Balaban J connectivity index is 1.48. The van der Waals surface area contributed by atoms with Crippen LogP contribution in [0, 0.1) is 0 Å². The molecule has 4 rings (SSSR count). The van der Waals surface area contributed by atoms with Gasteiger partial charge >= 0.3 is 0 Å². The molecule has 3 aliphatic rings. The van der Waals surface area contributed by atoms with E-state index in [0.29, 0.717) is 12.1 Å². The van der Waals surface area contributed by atoms with Crippen LogP contribution in [0.5, 0.6) is 0 Å². The van der Waals surface area contributed by atoms with Crippen LogP contribution in [-0.2, 0) is 11.2 Å². The number of carbonyl (C=O) groups is 1. The first-order valence-electron chi connectivity index (χ1n) is 8.11. The zero-order valence-electron chi connectivity index (χ0n) is 12.6. The first-order chi connectivity index (χ1) is 10.2. The lowest BCUT2D eigenvalue weighted by Gasteiger charge is -2.43. The summed E-state index contributed by atoms with van der Waals surface area (Å²) in [7, 11) is 0. The molecule has 4 nitrogen and oxygen atoms in total. The van der Waals surface area contributed by atoms with Gasteiger partial charge in [0.2, 0.25) is 5.91 Å². The summed E-state index contributed by atoms with van der Waals surface area (Å²) < 4.78 is 0. The van der Waals surface area contributed by atoms with Gasteiger partial charge in [0.15, 0.2) is 0 Å². The molecule has 3 atom stereocenters. The van der Waals surface area contributed by atoms with E-state index in [2.05, 4.69) is 34.2 Å². The lowest BCUT2D eigenvalue weighted by Crippen LogP contribution is -2.59. The Morgan fingerprint density at radius 1 is 1.29 bits per heavy atom. The molecule has 21 heavy (non-hydrogen) atoms. The number of hydrogen-bond acceptors (Lipinski definition) is 3. The SMILES string of the molecule is CC1CN2CCCC2CN1C(=O)C1Cc2ccccc2N1. The average molecular weight is 285 g/mol. The summed E-state index contributed by atoms with van der Waals surface area (Å²) in [5.41, 5.74) is 2.39. The second-order valence-electron chi connectivity index (χ2n) is 6.69. The predicted octanol–water partition coefficient (Wildman–Crippen LogP) is 1.72. The number of rotatable bonds is 1. The number of benzene rings is 1. The van der Waals surface area contributed by atoms with Crippen molar-refractivity contribution in [2.75, 3.05) is 25.0 Å². The number of nitrogens with one attached hydrogen (secondary N) is 1. The topological polar surface area (TPSA) is 35.6 Å². The Morgan fingerprint density at radius 3 is 3.00 bits per heavy atom. The van der Waals surface area contributed by atoms with Crippen LogP contribution in [-0.4, -0.2) is 53.5 Å². The normalized spacial score (nSPS) is 31.7. The zero-order valence-corrected chi connectivity index (χ0v) is 12.6. The Kier molecular flexibility index (Phi) is 3.14. The van der Waals surface area contributed by atoms with E-state index in [9.17, 15) is 4.79 Å². The van der Waals surface area contributed by atoms with Gasteiger partial charge in [-0.05, 0) is 37.9 Å². The largest absolute Gasteiger partial charge is 0.373 e. The van der Waals surface area contributed by atoms with Crippen LogP contribution >= 0.6 is 0 Å². The minimum absolute atomic E-state index is 0.0715. The molecule has 0 saturated carbocycles. The van der Waals surface area contributed by atoms with Crippen LogP contribution < -0.4 is 5.32 Å². The fourth-order valence-electron chi connectivity index (χ4n) is 4.14. The van der Waals surface area contributed by atoms with Crippen molar-refractivity contribution in [3.8, 4) is 0 Å². The van der Waals surface area contributed by atoms with Crippen molar-refractivity contribution >= 4 is 11.6 Å². The smallest absolute Gasteiger partial charge is 0.245 e. The minimum atomic E-state index is -0.0715. The van der Waals surface area contributed by atoms with Gasteiger partial charge in [-0.25, -0.2) is 0 Å². The maximum atomic E-state index is 12.9. The summed E-state index contributed by atoms with van der Waals surface area (Å²) in [6.45, 7) is 5.35. The number of piperazine rings is 1. The molecule has 0 aliphatic carbocycles. The van der Waals surface area contributed by atoms with Gasteiger partial charge < -0.3 is 10.2 Å². The molecule has 0 radical (unpaired) electrons. The van der Waals surface area contributed by atoms with E-state index >= 15 is 0 Å². The number of nitrogens with zero attached hydrogens (tertiary/aromatic N) is 2. The zero-order chi connectivity index (χ0) is 14.4. The summed E-state index contributed by atoms with van der Waals surface area (Å²) in [5, 5.41) is 3.41. The van der Waals surface area contributed by atoms with Crippen LogP contribution in [0.4, 0.5) is 5.69 Å². The number of carbonyl (C=O) groups excluding carboxylic acids is 1. The highest BCUT2D eigenvalue weighted by Crippen LogP contribution is 2.29. The van der Waals surface area contributed by atoms with E-state index in [1.54, 1.807) is 0 Å². The molecule has 4 heteroatoms. The van der Waals surface area contributed by atoms with E-state index < -0.39 is 0 Å². The summed E-state index contributed by atoms with van der Waals surface area (Å²) in [6.07, 6.45) is 3.36. The predicted molar refractivity (Wildman–Crippen MR) is 83.3 cm³/mol. The van der Waals surface area contributed by atoms with Crippen LogP contribution in [0.25, 0.3) is 0 Å². The van der Waals surface area contributed by atoms with E-state index in [1.165, 1.54) is 24.9 Å². The Hall–Kier alpha value is -1.55. The quantitative estimate of drug-likeness (QED) is 0.853. The molecule has 1 aromatic carbocycles. The second-order valence-corrected chi connectivity index (χ2v) is 6.69. The number of fused-ring (bicyclic) bond motifs is 2. The van der Waals surface area contributed by atoms with Gasteiger partial charge in [0, 0.05) is 37.3 Å². The summed E-state index contributed by atoms with van der Waals surface area (Å²) in [6, 6.07) is 9.12. The van der Waals surface area contributed by atoms with Crippen molar-refractivity contribution in [2.24, 2.45) is 0 Å². The molecular weight excluding hydrogens is 262 g/mol. The second kappa shape index (κ2) is 5.02. The first-order valence-corrected chi connectivity index (χ1v) is 8.11. The average Bonchev–Trinajstić information content (AvgIpc) is 3.11. The molecule has 112 valence electrons. The van der Waals surface area contributed by atoms with Crippen LogP contribution in [0.15, 0.2) is 24.3 Å². The lowest BCUT2D eigenvalue weighted by molar-refractivity contribution is -0.137. The Labute approximate surface area is 126 Å². The molecule has 0 bridgehead atoms. The number of para-hydroxylation sites is 1. The van der Waals surface area contributed by atoms with Crippen LogP contribution in [0.1, 0.15) is 25.3 Å². The third-order valence-corrected chi connectivity index (χ3v) is 5.29. The molecule has 3 aliphatic heterocycles. The molecule has 2 fully saturated rings. The maximum absolute atomic E-state index is 12.9. The van der Waals surface area contributed by atoms with Gasteiger partial charge in [-0.2, -0.15) is 0 Å². The lowest BCUT2D eigenvalue weighted by atomic mass is 10.0. The van der Waals surface area contributed by atoms with Crippen molar-refractivity contribution < 1.29 is 4.79 Å². The third-order valence-electron chi connectivity index (χ3n) is 5.29. The van der Waals surface area contributed by atoms with Gasteiger partial charge in [0.05, 0.1) is 0 Å². The van der Waals surface area contributed by atoms with E-state index in [-0.39, 0.29) is 11.9 Å². The van der Waals surface area contributed by atoms with Crippen molar-refractivity contribution in [3.63, 3.8) is 0 Å². The van der Waals surface area contributed by atoms with Crippen LogP contribution in [0.3, 0.4) is 0 Å². The fraction of sp³-hybridized carbons (Fsp3) is 0.588. The van der Waals surface area contributed by atoms with Gasteiger partial charge in [0.1, 0.15) is 6.04 Å². The molecule has 1 aromatic rings. The molecule has 0 aromatic heterocycles.